The Hall–Kier alpha value is -3.02. The monoisotopic (exact) mass is 297 g/mol. The number of benzene rings is 1. The van der Waals surface area contributed by atoms with Crippen molar-refractivity contribution >= 4 is 23.4 Å². The van der Waals surface area contributed by atoms with Gasteiger partial charge in [0, 0.05) is 17.8 Å². The molecule has 0 radical (unpaired) electrons. The van der Waals surface area contributed by atoms with Crippen LogP contribution in [-0.2, 0) is 4.79 Å². The highest BCUT2D eigenvalue weighted by molar-refractivity contribution is 6.01. The van der Waals surface area contributed by atoms with Gasteiger partial charge in [-0.1, -0.05) is 17.7 Å². The Labute approximate surface area is 127 Å². The molecule has 1 N–H and O–H groups in total. The summed E-state index contributed by atoms with van der Waals surface area (Å²) in [7, 11) is 0. The maximum atomic E-state index is 11.8. The highest BCUT2D eigenvalue weighted by atomic mass is 16.6. The Bertz CT molecular complexity index is 737. The average molecular weight is 297 g/mol. The van der Waals surface area contributed by atoms with Crippen LogP contribution < -0.4 is 5.32 Å². The van der Waals surface area contributed by atoms with Gasteiger partial charge in [0.1, 0.15) is 5.69 Å². The van der Waals surface area contributed by atoms with Crippen molar-refractivity contribution in [2.75, 3.05) is 5.32 Å². The second-order valence-electron chi connectivity index (χ2n) is 4.79. The van der Waals surface area contributed by atoms with Gasteiger partial charge in [-0.25, -0.2) is 4.98 Å². The lowest BCUT2D eigenvalue weighted by Gasteiger charge is -2.02. The minimum atomic E-state index is -0.486. The zero-order chi connectivity index (χ0) is 16.1. The summed E-state index contributed by atoms with van der Waals surface area (Å²) in [5.41, 5.74) is 2.57. The number of aromatic nitrogens is 1. The van der Waals surface area contributed by atoms with Gasteiger partial charge in [-0.2, -0.15) is 0 Å². The predicted octanol–water partition coefficient (Wildman–Crippen LogP) is 3.26. The number of nitro groups is 1. The van der Waals surface area contributed by atoms with Crippen LogP contribution in [0.25, 0.3) is 6.08 Å². The predicted molar refractivity (Wildman–Crippen MR) is 84.5 cm³/mol. The van der Waals surface area contributed by atoms with Gasteiger partial charge >= 0.3 is 0 Å². The molecule has 2 rings (SSSR count). The van der Waals surface area contributed by atoms with Crippen LogP contribution in [0.5, 0.6) is 0 Å². The molecule has 0 aliphatic rings. The van der Waals surface area contributed by atoms with E-state index in [4.69, 9.17) is 0 Å². The van der Waals surface area contributed by atoms with Crippen molar-refractivity contribution in [3.8, 4) is 0 Å². The standard InChI is InChI=1S/C16H15N3O3/c1-11-3-5-14(6-4-11)18-16(20)10-8-13-7-9-15(19(21)22)12(2)17-13/h3-10H,1-2H3,(H,18,20). The molecule has 1 heterocycles. The van der Waals surface area contributed by atoms with Crippen LogP contribution in [0, 0.1) is 24.0 Å². The number of pyridine rings is 1. The average Bonchev–Trinajstić information content (AvgIpc) is 2.47. The van der Waals surface area contributed by atoms with E-state index >= 15 is 0 Å². The van der Waals surface area contributed by atoms with Crippen LogP contribution in [0.4, 0.5) is 11.4 Å². The van der Waals surface area contributed by atoms with E-state index in [1.54, 1.807) is 6.92 Å². The first-order valence-electron chi connectivity index (χ1n) is 6.63. The number of hydrogen-bond donors (Lipinski definition) is 1. The Morgan fingerprint density at radius 2 is 1.86 bits per heavy atom. The van der Waals surface area contributed by atoms with Gasteiger partial charge < -0.3 is 5.32 Å². The van der Waals surface area contributed by atoms with Gasteiger partial charge in [0.05, 0.1) is 10.6 Å². The molecule has 0 bridgehead atoms. The third-order valence-electron chi connectivity index (χ3n) is 3.00. The summed E-state index contributed by atoms with van der Waals surface area (Å²) in [5.74, 6) is -0.290. The summed E-state index contributed by atoms with van der Waals surface area (Å²) in [6.45, 7) is 3.52. The topological polar surface area (TPSA) is 85.1 Å². The summed E-state index contributed by atoms with van der Waals surface area (Å²) < 4.78 is 0. The molecule has 0 fully saturated rings. The number of hydrogen-bond acceptors (Lipinski definition) is 4. The Morgan fingerprint density at radius 1 is 1.18 bits per heavy atom. The number of carbonyl (C=O) groups excluding carboxylic acids is 1. The largest absolute Gasteiger partial charge is 0.323 e. The maximum Gasteiger partial charge on any atom is 0.290 e. The van der Waals surface area contributed by atoms with Gasteiger partial charge in [0.2, 0.25) is 5.91 Å². The van der Waals surface area contributed by atoms with Crippen molar-refractivity contribution in [2.24, 2.45) is 0 Å². The Balaban J connectivity index is 2.05. The summed E-state index contributed by atoms with van der Waals surface area (Å²) in [4.78, 5) is 26.1. The molecule has 0 spiro atoms. The number of nitrogens with zero attached hydrogens (tertiary/aromatic N) is 2. The SMILES string of the molecule is Cc1ccc(NC(=O)C=Cc2ccc([N+](=O)[O-])c(C)n2)cc1. The third kappa shape index (κ3) is 3.99. The first kappa shape index (κ1) is 15.4. The first-order valence-corrected chi connectivity index (χ1v) is 6.63. The van der Waals surface area contributed by atoms with Crippen molar-refractivity contribution in [1.82, 2.24) is 4.98 Å². The number of carbonyl (C=O) groups is 1. The lowest BCUT2D eigenvalue weighted by molar-refractivity contribution is -0.385. The van der Waals surface area contributed by atoms with Crippen LogP contribution >= 0.6 is 0 Å². The minimum absolute atomic E-state index is 0.0405. The van der Waals surface area contributed by atoms with Gasteiger partial charge in [0.15, 0.2) is 0 Å². The molecule has 2 aromatic rings. The second-order valence-corrected chi connectivity index (χ2v) is 4.79. The minimum Gasteiger partial charge on any atom is -0.323 e. The smallest absolute Gasteiger partial charge is 0.290 e. The Morgan fingerprint density at radius 3 is 2.45 bits per heavy atom. The molecule has 1 aromatic carbocycles. The number of anilines is 1. The van der Waals surface area contributed by atoms with Crippen molar-refractivity contribution in [3.05, 3.63) is 69.5 Å². The fraction of sp³-hybridized carbons (Fsp3) is 0.125. The fourth-order valence-corrected chi connectivity index (χ4v) is 1.84. The molecule has 0 unspecified atom stereocenters. The number of rotatable bonds is 4. The van der Waals surface area contributed by atoms with Crippen molar-refractivity contribution in [2.45, 2.75) is 13.8 Å². The van der Waals surface area contributed by atoms with E-state index in [1.807, 2.05) is 31.2 Å². The van der Waals surface area contributed by atoms with Crippen molar-refractivity contribution < 1.29 is 9.72 Å². The summed E-state index contributed by atoms with van der Waals surface area (Å²) in [6, 6.07) is 10.3. The second kappa shape index (κ2) is 6.62. The van der Waals surface area contributed by atoms with Gasteiger partial charge in [0.25, 0.3) is 5.69 Å². The molecule has 112 valence electrons. The molecule has 0 aliphatic heterocycles. The lowest BCUT2D eigenvalue weighted by atomic mass is 10.2. The molecule has 6 nitrogen and oxygen atoms in total. The summed E-state index contributed by atoms with van der Waals surface area (Å²) in [6.07, 6.45) is 2.85. The van der Waals surface area contributed by atoms with Crippen LogP contribution in [0.15, 0.2) is 42.5 Å². The normalized spacial score (nSPS) is 10.6. The number of aryl methyl sites for hydroxylation is 2. The highest BCUT2D eigenvalue weighted by Gasteiger charge is 2.10. The quantitative estimate of drug-likeness (QED) is 0.533. The van der Waals surface area contributed by atoms with Gasteiger partial charge in [-0.3, -0.25) is 14.9 Å². The summed E-state index contributed by atoms with van der Waals surface area (Å²) >= 11 is 0. The molecule has 0 saturated carbocycles. The fourth-order valence-electron chi connectivity index (χ4n) is 1.84. The van der Waals surface area contributed by atoms with Gasteiger partial charge in [-0.05, 0) is 38.1 Å². The van der Waals surface area contributed by atoms with Crippen LogP contribution in [0.2, 0.25) is 0 Å². The van der Waals surface area contributed by atoms with E-state index in [2.05, 4.69) is 10.3 Å². The zero-order valence-corrected chi connectivity index (χ0v) is 12.2. The van der Waals surface area contributed by atoms with Gasteiger partial charge in [-0.15, -0.1) is 0 Å². The van der Waals surface area contributed by atoms with Crippen molar-refractivity contribution in [3.63, 3.8) is 0 Å². The zero-order valence-electron chi connectivity index (χ0n) is 12.2. The molecule has 22 heavy (non-hydrogen) atoms. The van der Waals surface area contributed by atoms with Crippen molar-refractivity contribution in [1.29, 1.82) is 0 Å². The number of nitrogens with one attached hydrogen (secondary N) is 1. The van der Waals surface area contributed by atoms with Crippen LogP contribution in [0.1, 0.15) is 17.0 Å². The molecule has 0 atom stereocenters. The molecule has 0 aliphatic carbocycles. The van der Waals surface area contributed by atoms with E-state index in [0.29, 0.717) is 17.1 Å². The lowest BCUT2D eigenvalue weighted by Crippen LogP contribution is -2.07. The maximum absolute atomic E-state index is 11.8. The molecule has 1 aromatic heterocycles. The van der Waals surface area contributed by atoms with E-state index in [-0.39, 0.29) is 11.6 Å². The third-order valence-corrected chi connectivity index (χ3v) is 3.00. The van der Waals surface area contributed by atoms with E-state index < -0.39 is 4.92 Å². The Kier molecular flexibility index (Phi) is 4.63. The molecular formula is C16H15N3O3. The van der Waals surface area contributed by atoms with Crippen LogP contribution in [0.3, 0.4) is 0 Å². The molecule has 6 heteroatoms. The van der Waals surface area contributed by atoms with E-state index in [1.165, 1.54) is 24.3 Å². The molecule has 1 amide bonds. The van der Waals surface area contributed by atoms with E-state index in [0.717, 1.165) is 5.56 Å². The van der Waals surface area contributed by atoms with Crippen LogP contribution in [-0.4, -0.2) is 15.8 Å². The summed E-state index contributed by atoms with van der Waals surface area (Å²) in [5, 5.41) is 13.4. The number of amides is 1. The van der Waals surface area contributed by atoms with E-state index in [9.17, 15) is 14.9 Å². The highest BCUT2D eigenvalue weighted by Crippen LogP contribution is 2.16. The molecular weight excluding hydrogens is 282 g/mol. The first-order chi connectivity index (χ1) is 10.5. The molecule has 0 saturated heterocycles.